The Morgan fingerprint density at radius 3 is 2.24 bits per heavy atom. The van der Waals surface area contributed by atoms with Crippen molar-refractivity contribution < 1.29 is 4.39 Å². The van der Waals surface area contributed by atoms with E-state index >= 15 is 0 Å². The lowest BCUT2D eigenvalue weighted by molar-refractivity contribution is 0.513. The molecule has 25 heavy (non-hydrogen) atoms. The zero-order valence-corrected chi connectivity index (χ0v) is 14.7. The average Bonchev–Trinajstić information content (AvgIpc) is 2.60. The summed E-state index contributed by atoms with van der Waals surface area (Å²) in [6, 6.07) is 22.0. The van der Waals surface area contributed by atoms with Gasteiger partial charge in [0.2, 0.25) is 0 Å². The molecule has 0 bridgehead atoms. The molecule has 0 fully saturated rings. The fraction of sp³-hybridized carbons (Fsp3) is 0.143. The van der Waals surface area contributed by atoms with Crippen LogP contribution >= 0.6 is 11.6 Å². The van der Waals surface area contributed by atoms with Crippen LogP contribution in [-0.4, -0.2) is 0 Å². The van der Waals surface area contributed by atoms with Crippen molar-refractivity contribution >= 4 is 17.3 Å². The fourth-order valence-electron chi connectivity index (χ4n) is 2.90. The van der Waals surface area contributed by atoms with Gasteiger partial charge in [-0.2, -0.15) is 0 Å². The van der Waals surface area contributed by atoms with Gasteiger partial charge in [0.15, 0.2) is 0 Å². The Morgan fingerprint density at radius 1 is 0.880 bits per heavy atom. The van der Waals surface area contributed by atoms with E-state index in [0.717, 1.165) is 16.7 Å². The molecular weight excluding hydrogens is 335 g/mol. The minimum atomic E-state index is -0.238. The van der Waals surface area contributed by atoms with E-state index in [1.807, 2.05) is 61.5 Å². The Labute approximate surface area is 152 Å². The number of anilines is 1. The molecule has 3 aromatic carbocycles. The van der Waals surface area contributed by atoms with Crippen LogP contribution in [0.5, 0.6) is 0 Å². The number of hydrogen-bond donors (Lipinski definition) is 2. The minimum Gasteiger partial charge on any atom is -0.399 e. The van der Waals surface area contributed by atoms with E-state index in [1.165, 1.54) is 6.07 Å². The first-order valence-electron chi connectivity index (χ1n) is 8.15. The molecule has 0 aliphatic carbocycles. The molecule has 3 N–H and O–H groups in total. The van der Waals surface area contributed by atoms with E-state index in [-0.39, 0.29) is 17.9 Å². The van der Waals surface area contributed by atoms with Crippen LogP contribution < -0.4 is 11.1 Å². The number of hydrogen-bond acceptors (Lipinski definition) is 2. The first-order chi connectivity index (χ1) is 12.0. The van der Waals surface area contributed by atoms with E-state index in [4.69, 9.17) is 17.3 Å². The normalized spacial score (nSPS) is 13.4. The van der Waals surface area contributed by atoms with Gasteiger partial charge in [0.25, 0.3) is 0 Å². The molecule has 0 spiro atoms. The molecule has 3 aromatic rings. The van der Waals surface area contributed by atoms with Crippen molar-refractivity contribution in [3.05, 3.63) is 100 Å². The number of benzene rings is 3. The molecule has 1 unspecified atom stereocenters. The number of rotatable bonds is 5. The van der Waals surface area contributed by atoms with Gasteiger partial charge >= 0.3 is 0 Å². The highest BCUT2D eigenvalue weighted by atomic mass is 35.5. The molecule has 0 aliphatic rings. The number of halogens is 2. The second kappa shape index (κ2) is 7.68. The monoisotopic (exact) mass is 354 g/mol. The van der Waals surface area contributed by atoms with Gasteiger partial charge in [0.05, 0.1) is 6.04 Å². The molecule has 2 nitrogen and oxygen atoms in total. The molecule has 4 heteroatoms. The molecule has 0 radical (unpaired) electrons. The highest BCUT2D eigenvalue weighted by molar-refractivity contribution is 6.30. The van der Waals surface area contributed by atoms with Gasteiger partial charge < -0.3 is 5.73 Å². The molecule has 128 valence electrons. The zero-order chi connectivity index (χ0) is 17.8. The van der Waals surface area contributed by atoms with Crippen LogP contribution in [0.15, 0.2) is 72.8 Å². The van der Waals surface area contributed by atoms with Crippen LogP contribution in [0.3, 0.4) is 0 Å². The van der Waals surface area contributed by atoms with E-state index in [9.17, 15) is 4.39 Å². The third kappa shape index (κ3) is 4.38. The highest BCUT2D eigenvalue weighted by Gasteiger charge is 2.18. The van der Waals surface area contributed by atoms with Crippen LogP contribution in [0.1, 0.15) is 35.7 Å². The maximum absolute atomic E-state index is 13.5. The van der Waals surface area contributed by atoms with Crippen LogP contribution in [-0.2, 0) is 0 Å². The lowest BCUT2D eigenvalue weighted by atomic mass is 9.96. The number of nitrogen functional groups attached to an aromatic ring is 1. The topological polar surface area (TPSA) is 38.0 Å². The Morgan fingerprint density at radius 2 is 1.56 bits per heavy atom. The Hall–Kier alpha value is -2.36. The molecule has 3 rings (SSSR count). The van der Waals surface area contributed by atoms with Crippen LogP contribution in [0.2, 0.25) is 5.02 Å². The van der Waals surface area contributed by atoms with Gasteiger partial charge in [-0.1, -0.05) is 48.0 Å². The Kier molecular flexibility index (Phi) is 5.37. The summed E-state index contributed by atoms with van der Waals surface area (Å²) in [4.78, 5) is 0. The number of nitrogens with two attached hydrogens (primary N) is 1. The third-order valence-electron chi connectivity index (χ3n) is 4.21. The molecule has 0 aliphatic heterocycles. The summed E-state index contributed by atoms with van der Waals surface area (Å²) in [5, 5.41) is 4.26. The summed E-state index contributed by atoms with van der Waals surface area (Å²) >= 11 is 6.02. The lowest BCUT2D eigenvalue weighted by Gasteiger charge is -2.25. The van der Waals surface area contributed by atoms with Gasteiger partial charge in [0.1, 0.15) is 5.82 Å². The second-order valence-electron chi connectivity index (χ2n) is 6.10. The largest absolute Gasteiger partial charge is 0.399 e. The van der Waals surface area contributed by atoms with Gasteiger partial charge in [-0.25, -0.2) is 4.39 Å². The minimum absolute atomic E-state index is 0.0437. The Balaban J connectivity index is 1.95. The fourth-order valence-corrected chi connectivity index (χ4v) is 3.03. The quantitative estimate of drug-likeness (QED) is 0.593. The molecule has 0 heterocycles. The summed E-state index contributed by atoms with van der Waals surface area (Å²) in [7, 11) is 0. The van der Waals surface area contributed by atoms with Gasteiger partial charge in [0, 0.05) is 16.8 Å². The van der Waals surface area contributed by atoms with Crippen molar-refractivity contribution in [2.45, 2.75) is 19.0 Å². The summed E-state index contributed by atoms with van der Waals surface area (Å²) < 4.78 is 13.5. The molecule has 0 saturated carbocycles. The van der Waals surface area contributed by atoms with E-state index in [1.54, 1.807) is 12.1 Å². The lowest BCUT2D eigenvalue weighted by Crippen LogP contribution is -2.25. The molecule has 0 amide bonds. The molecular formula is C21H20ClFN2. The van der Waals surface area contributed by atoms with Crippen molar-refractivity contribution in [2.75, 3.05) is 5.73 Å². The van der Waals surface area contributed by atoms with Crippen molar-refractivity contribution in [2.24, 2.45) is 0 Å². The van der Waals surface area contributed by atoms with E-state index in [0.29, 0.717) is 10.7 Å². The molecule has 0 saturated heterocycles. The van der Waals surface area contributed by atoms with Gasteiger partial charge in [-0.15, -0.1) is 0 Å². The SMILES string of the molecule is C[C@@H](NC(c1ccc(Cl)cc1)c1cccc(N)c1)c1cccc(F)c1. The third-order valence-corrected chi connectivity index (χ3v) is 4.46. The van der Waals surface area contributed by atoms with Crippen LogP contribution in [0.25, 0.3) is 0 Å². The van der Waals surface area contributed by atoms with Gasteiger partial charge in [-0.05, 0) is 60.0 Å². The maximum atomic E-state index is 13.5. The van der Waals surface area contributed by atoms with E-state index in [2.05, 4.69) is 5.32 Å². The smallest absolute Gasteiger partial charge is 0.123 e. The first kappa shape index (κ1) is 17.5. The summed E-state index contributed by atoms with van der Waals surface area (Å²) in [6.45, 7) is 2.02. The van der Waals surface area contributed by atoms with Crippen LogP contribution in [0, 0.1) is 5.82 Å². The average molecular weight is 355 g/mol. The Bertz CT molecular complexity index is 849. The zero-order valence-electron chi connectivity index (χ0n) is 13.9. The van der Waals surface area contributed by atoms with Crippen molar-refractivity contribution in [1.82, 2.24) is 5.32 Å². The van der Waals surface area contributed by atoms with Crippen molar-refractivity contribution in [3.8, 4) is 0 Å². The predicted molar refractivity (Wildman–Crippen MR) is 102 cm³/mol. The number of nitrogens with one attached hydrogen (secondary N) is 1. The van der Waals surface area contributed by atoms with E-state index < -0.39 is 0 Å². The standard InChI is InChI=1S/C21H20ClFN2/c1-14(16-4-2-6-19(23)12-16)25-21(15-8-10-18(22)11-9-15)17-5-3-7-20(24)13-17/h2-14,21,25H,24H2,1H3/t14-,21?/m1/s1. The van der Waals surface area contributed by atoms with Crippen LogP contribution in [0.4, 0.5) is 10.1 Å². The highest BCUT2D eigenvalue weighted by Crippen LogP contribution is 2.28. The summed E-state index contributed by atoms with van der Waals surface area (Å²) in [6.07, 6.45) is 0. The summed E-state index contributed by atoms with van der Waals surface area (Å²) in [5.41, 5.74) is 9.67. The summed E-state index contributed by atoms with van der Waals surface area (Å²) in [5.74, 6) is -0.238. The second-order valence-corrected chi connectivity index (χ2v) is 6.53. The maximum Gasteiger partial charge on any atom is 0.123 e. The van der Waals surface area contributed by atoms with Crippen molar-refractivity contribution in [1.29, 1.82) is 0 Å². The van der Waals surface area contributed by atoms with Gasteiger partial charge in [-0.3, -0.25) is 5.32 Å². The molecule has 0 aromatic heterocycles. The first-order valence-corrected chi connectivity index (χ1v) is 8.53. The molecule has 2 atom stereocenters. The predicted octanol–water partition coefficient (Wildman–Crippen LogP) is 5.50. The van der Waals surface area contributed by atoms with Crippen molar-refractivity contribution in [3.63, 3.8) is 0 Å².